The molecule has 0 bridgehead atoms. The zero-order chi connectivity index (χ0) is 34.6. The summed E-state index contributed by atoms with van der Waals surface area (Å²) < 4.78 is 11.2. The number of ether oxygens (including phenoxy) is 1. The largest absolute Gasteiger partial charge is 0.375 e. The molecule has 1 N–H and O–H groups in total. The molecule has 260 valence electrons. The van der Waals surface area contributed by atoms with Crippen LogP contribution in [0.4, 0.5) is 0 Å². The first kappa shape index (κ1) is 33.6. The number of H-pyrrole nitrogens is 1. The molecule has 7 rings (SSSR count). The van der Waals surface area contributed by atoms with Gasteiger partial charge in [-0.3, -0.25) is 33.8 Å². The van der Waals surface area contributed by atoms with Gasteiger partial charge in [0.2, 0.25) is 0 Å². The molecular formula is C38H43N7O5. The summed E-state index contributed by atoms with van der Waals surface area (Å²) >= 11 is 0. The number of rotatable bonds is 10. The Kier molecular flexibility index (Phi) is 10.0. The van der Waals surface area contributed by atoms with Gasteiger partial charge in [-0.15, -0.1) is 0 Å². The van der Waals surface area contributed by atoms with Gasteiger partial charge in [0.25, 0.3) is 16.7 Å². The lowest BCUT2D eigenvalue weighted by atomic mass is 10.00. The molecule has 12 heteroatoms. The maximum atomic E-state index is 13.1. The number of nitrogens with zero attached hydrogens (tertiary/aromatic N) is 6. The topological polar surface area (TPSA) is 127 Å². The summed E-state index contributed by atoms with van der Waals surface area (Å²) in [6.45, 7) is 6.25. The van der Waals surface area contributed by atoms with E-state index < -0.39 is 11.2 Å². The summed E-state index contributed by atoms with van der Waals surface area (Å²) in [7, 11) is 1.78. The van der Waals surface area contributed by atoms with Crippen LogP contribution in [-0.4, -0.2) is 78.4 Å². The fourth-order valence-electron chi connectivity index (χ4n) is 7.22. The number of hydrogen-bond acceptors (Lipinski definition) is 8. The van der Waals surface area contributed by atoms with Crippen molar-refractivity contribution in [2.24, 2.45) is 7.05 Å². The predicted octanol–water partition coefficient (Wildman–Crippen LogP) is 2.81. The van der Waals surface area contributed by atoms with Gasteiger partial charge < -0.3 is 18.8 Å². The van der Waals surface area contributed by atoms with Crippen molar-refractivity contribution in [1.82, 2.24) is 33.5 Å². The van der Waals surface area contributed by atoms with E-state index in [0.717, 1.165) is 81.5 Å². The highest BCUT2D eigenvalue weighted by atomic mass is 16.5. The van der Waals surface area contributed by atoms with E-state index in [0.29, 0.717) is 17.5 Å². The van der Waals surface area contributed by atoms with Crippen molar-refractivity contribution in [3.05, 3.63) is 132 Å². The monoisotopic (exact) mass is 677 g/mol. The first-order chi connectivity index (χ1) is 24.3. The molecule has 1 aromatic carbocycles. The molecule has 4 aromatic heterocycles. The van der Waals surface area contributed by atoms with Gasteiger partial charge in [-0.25, -0.2) is 4.79 Å². The van der Waals surface area contributed by atoms with Crippen molar-refractivity contribution in [1.29, 1.82) is 0 Å². The number of hydrogen-bond donors (Lipinski definition) is 1. The lowest BCUT2D eigenvalue weighted by Gasteiger charge is -2.37. The number of benzene rings is 1. The minimum absolute atomic E-state index is 0.0393. The lowest BCUT2D eigenvalue weighted by Crippen LogP contribution is -2.43. The fraction of sp³-hybridized carbons (Fsp3) is 0.395. The Morgan fingerprint density at radius 1 is 0.760 bits per heavy atom. The summed E-state index contributed by atoms with van der Waals surface area (Å²) in [5.41, 5.74) is 2.73. The molecule has 2 fully saturated rings. The summed E-state index contributed by atoms with van der Waals surface area (Å²) in [5, 5.41) is 1.55. The summed E-state index contributed by atoms with van der Waals surface area (Å²) in [5.74, 6) is 0. The maximum Gasteiger partial charge on any atom is 0.328 e. The molecule has 2 aliphatic heterocycles. The van der Waals surface area contributed by atoms with Crippen molar-refractivity contribution in [2.75, 3.05) is 32.7 Å². The van der Waals surface area contributed by atoms with Crippen molar-refractivity contribution in [3.63, 3.8) is 0 Å². The van der Waals surface area contributed by atoms with Crippen LogP contribution in [0.15, 0.2) is 98.7 Å². The van der Waals surface area contributed by atoms with Crippen LogP contribution in [0.1, 0.15) is 36.8 Å². The van der Waals surface area contributed by atoms with Crippen LogP contribution >= 0.6 is 0 Å². The Labute approximate surface area is 289 Å². The van der Waals surface area contributed by atoms with Crippen LogP contribution in [0.25, 0.3) is 21.9 Å². The maximum absolute atomic E-state index is 13.1. The Hall–Kier alpha value is -4.91. The van der Waals surface area contributed by atoms with Gasteiger partial charge in [-0.2, -0.15) is 0 Å². The number of aromatic amines is 1. The quantitative estimate of drug-likeness (QED) is 0.239. The van der Waals surface area contributed by atoms with Crippen LogP contribution < -0.4 is 22.4 Å². The van der Waals surface area contributed by atoms with Crippen LogP contribution in [-0.2, 0) is 31.4 Å². The number of nitrogens with one attached hydrogen (secondary N) is 1. The Morgan fingerprint density at radius 2 is 1.48 bits per heavy atom. The molecular weight excluding hydrogens is 634 g/mol. The highest BCUT2D eigenvalue weighted by Gasteiger charge is 2.26. The Balaban J connectivity index is 0.846. The fourth-order valence-corrected chi connectivity index (χ4v) is 7.22. The molecule has 6 heterocycles. The number of aromatic nitrogens is 5. The normalized spacial score (nSPS) is 16.7. The van der Waals surface area contributed by atoms with Gasteiger partial charge >= 0.3 is 5.69 Å². The minimum Gasteiger partial charge on any atom is -0.375 e. The van der Waals surface area contributed by atoms with Crippen LogP contribution in [0, 0.1) is 0 Å². The van der Waals surface area contributed by atoms with E-state index in [9.17, 15) is 19.2 Å². The van der Waals surface area contributed by atoms with E-state index in [2.05, 4.69) is 44.0 Å². The van der Waals surface area contributed by atoms with E-state index in [1.807, 2.05) is 18.3 Å². The third kappa shape index (κ3) is 7.62. The van der Waals surface area contributed by atoms with Gasteiger partial charge in [0.15, 0.2) is 0 Å². The smallest absolute Gasteiger partial charge is 0.328 e. The standard InChI is InChI=1S/C38H43N7O5/c1-41-26-34(32-8-14-39-23-33(32)37(41)48)28-6-4-27(5-7-28)24-43-18-11-31(12-19-43)50-30-9-16-42(17-10-30)21-22-44-15-2-3-29(36(44)47)25-45-20-13-35(46)40-38(45)49/h2-8,13-15,20,23,26,30-31H,9-12,16-19,21-22,24-25H2,1H3,(H,40,46,49). The predicted molar refractivity (Wildman–Crippen MR) is 192 cm³/mol. The average Bonchev–Trinajstić information content (AvgIpc) is 3.13. The molecule has 0 spiro atoms. The van der Waals surface area contributed by atoms with Gasteiger partial charge in [0, 0.05) is 101 Å². The number of fused-ring (bicyclic) bond motifs is 1. The van der Waals surface area contributed by atoms with E-state index in [-0.39, 0.29) is 29.9 Å². The van der Waals surface area contributed by atoms with Crippen molar-refractivity contribution in [3.8, 4) is 11.1 Å². The summed E-state index contributed by atoms with van der Waals surface area (Å²) in [6.07, 6.45) is 13.1. The third-order valence-electron chi connectivity index (χ3n) is 10.1. The average molecular weight is 678 g/mol. The molecule has 0 unspecified atom stereocenters. The van der Waals surface area contributed by atoms with Gasteiger partial charge in [-0.05, 0) is 54.3 Å². The number of likely N-dealkylation sites (tertiary alicyclic amines) is 2. The Bertz CT molecular complexity index is 2190. The molecule has 2 saturated heterocycles. The van der Waals surface area contributed by atoms with Crippen LogP contribution in [0.3, 0.4) is 0 Å². The molecule has 0 aliphatic carbocycles. The van der Waals surface area contributed by atoms with Crippen LogP contribution in [0.2, 0.25) is 0 Å². The lowest BCUT2D eigenvalue weighted by molar-refractivity contribution is -0.0658. The van der Waals surface area contributed by atoms with E-state index >= 15 is 0 Å². The highest BCUT2D eigenvalue weighted by molar-refractivity contribution is 5.95. The number of piperidine rings is 2. The second-order valence-corrected chi connectivity index (χ2v) is 13.5. The zero-order valence-corrected chi connectivity index (χ0v) is 28.4. The molecule has 0 saturated carbocycles. The second kappa shape index (κ2) is 14.9. The van der Waals surface area contributed by atoms with Gasteiger partial charge in [0.05, 0.1) is 24.1 Å². The molecule has 0 amide bonds. The molecule has 2 aliphatic rings. The number of aryl methyl sites for hydroxylation is 1. The van der Waals surface area contributed by atoms with Gasteiger partial charge in [0.1, 0.15) is 0 Å². The van der Waals surface area contributed by atoms with Crippen molar-refractivity contribution in [2.45, 2.75) is 57.5 Å². The molecule has 0 atom stereocenters. The van der Waals surface area contributed by atoms with Gasteiger partial charge in [-0.1, -0.05) is 30.3 Å². The van der Waals surface area contributed by atoms with Crippen molar-refractivity contribution >= 4 is 10.8 Å². The first-order valence-electron chi connectivity index (χ1n) is 17.4. The van der Waals surface area contributed by atoms with Crippen molar-refractivity contribution < 1.29 is 4.74 Å². The first-order valence-corrected chi connectivity index (χ1v) is 17.4. The van der Waals surface area contributed by atoms with Crippen LogP contribution in [0.5, 0.6) is 0 Å². The molecule has 5 aromatic rings. The molecule has 12 nitrogen and oxygen atoms in total. The molecule has 0 radical (unpaired) electrons. The van der Waals surface area contributed by atoms with E-state index in [4.69, 9.17) is 4.74 Å². The zero-order valence-electron chi connectivity index (χ0n) is 28.4. The highest BCUT2D eigenvalue weighted by Crippen LogP contribution is 2.27. The second-order valence-electron chi connectivity index (χ2n) is 13.5. The number of pyridine rings is 3. The third-order valence-corrected chi connectivity index (χ3v) is 10.1. The minimum atomic E-state index is -0.530. The SMILES string of the molecule is Cn1cc(-c2ccc(CN3CCC(OC4CCN(CCn5cccc(Cn6ccc(=O)[nH]c6=O)c5=O)CC4)CC3)cc2)c2ccncc2c1=O. The Morgan fingerprint density at radius 3 is 2.20 bits per heavy atom. The van der Waals surface area contributed by atoms with E-state index in [1.165, 1.54) is 22.4 Å². The summed E-state index contributed by atoms with van der Waals surface area (Å²) in [4.78, 5) is 60.3. The van der Waals surface area contributed by atoms with E-state index in [1.54, 1.807) is 40.8 Å². The summed E-state index contributed by atoms with van der Waals surface area (Å²) in [6, 6.07) is 15.4. The molecule has 50 heavy (non-hydrogen) atoms.